The standard InChI is InChI=1S/C17H19ClN2O3S/c1-11(2)17(22)23-9-15(21)19-8-7-14-10-24-16(20-14)12-3-5-13(18)6-4-12/h3-6,10-11H,7-9H2,1-2H3,(H,19,21). The highest BCUT2D eigenvalue weighted by atomic mass is 35.5. The van der Waals surface area contributed by atoms with E-state index in [1.807, 2.05) is 29.6 Å². The van der Waals surface area contributed by atoms with Crippen molar-refractivity contribution in [3.63, 3.8) is 0 Å². The summed E-state index contributed by atoms with van der Waals surface area (Å²) in [6.07, 6.45) is 0.619. The zero-order valence-corrected chi connectivity index (χ0v) is 15.1. The van der Waals surface area contributed by atoms with E-state index in [4.69, 9.17) is 16.3 Å². The molecule has 1 amide bonds. The fourth-order valence-electron chi connectivity index (χ4n) is 1.83. The van der Waals surface area contributed by atoms with Gasteiger partial charge in [0.05, 0.1) is 11.6 Å². The minimum absolute atomic E-state index is 0.237. The van der Waals surface area contributed by atoms with E-state index in [1.165, 1.54) is 0 Å². The van der Waals surface area contributed by atoms with Crippen LogP contribution in [-0.2, 0) is 20.7 Å². The van der Waals surface area contributed by atoms with Crippen molar-refractivity contribution in [2.24, 2.45) is 5.92 Å². The minimum Gasteiger partial charge on any atom is -0.455 e. The fourth-order valence-corrected chi connectivity index (χ4v) is 2.82. The van der Waals surface area contributed by atoms with Crippen LogP contribution in [0.1, 0.15) is 19.5 Å². The molecule has 5 nitrogen and oxygen atoms in total. The smallest absolute Gasteiger partial charge is 0.308 e. The van der Waals surface area contributed by atoms with Crippen LogP contribution in [0.15, 0.2) is 29.6 Å². The van der Waals surface area contributed by atoms with Gasteiger partial charge in [-0.05, 0) is 12.1 Å². The Bertz CT molecular complexity index is 698. The third-order valence-corrected chi connectivity index (χ3v) is 4.36. The summed E-state index contributed by atoms with van der Waals surface area (Å²) in [6.45, 7) is 3.65. The topological polar surface area (TPSA) is 68.3 Å². The maximum Gasteiger partial charge on any atom is 0.308 e. The molecule has 2 aromatic rings. The van der Waals surface area contributed by atoms with E-state index in [0.717, 1.165) is 16.3 Å². The summed E-state index contributed by atoms with van der Waals surface area (Å²) in [7, 11) is 0. The largest absolute Gasteiger partial charge is 0.455 e. The van der Waals surface area contributed by atoms with Crippen LogP contribution < -0.4 is 5.32 Å². The van der Waals surface area contributed by atoms with Gasteiger partial charge >= 0.3 is 5.97 Å². The van der Waals surface area contributed by atoms with Gasteiger partial charge in [0.1, 0.15) is 5.01 Å². The zero-order chi connectivity index (χ0) is 17.5. The second kappa shape index (κ2) is 8.80. The van der Waals surface area contributed by atoms with Crippen LogP contribution in [-0.4, -0.2) is 30.0 Å². The van der Waals surface area contributed by atoms with E-state index in [1.54, 1.807) is 25.2 Å². The molecule has 0 saturated heterocycles. The van der Waals surface area contributed by atoms with Gasteiger partial charge in [-0.25, -0.2) is 4.98 Å². The molecule has 128 valence electrons. The maximum absolute atomic E-state index is 11.6. The van der Waals surface area contributed by atoms with Crippen LogP contribution >= 0.6 is 22.9 Å². The first-order valence-corrected chi connectivity index (χ1v) is 8.85. The molecule has 0 bridgehead atoms. The Morgan fingerprint density at radius 2 is 2.00 bits per heavy atom. The van der Waals surface area contributed by atoms with Gasteiger partial charge in [-0.1, -0.05) is 37.6 Å². The van der Waals surface area contributed by atoms with Crippen molar-refractivity contribution in [1.29, 1.82) is 0 Å². The van der Waals surface area contributed by atoms with Gasteiger partial charge in [0.2, 0.25) is 0 Å². The Balaban J connectivity index is 1.76. The van der Waals surface area contributed by atoms with Crippen molar-refractivity contribution in [3.05, 3.63) is 40.4 Å². The Labute approximate surface area is 150 Å². The summed E-state index contributed by atoms with van der Waals surface area (Å²) in [5.41, 5.74) is 1.92. The summed E-state index contributed by atoms with van der Waals surface area (Å²) in [4.78, 5) is 27.4. The normalized spacial score (nSPS) is 10.7. The van der Waals surface area contributed by atoms with Crippen LogP contribution in [0.2, 0.25) is 5.02 Å². The Kier molecular flexibility index (Phi) is 6.75. The highest BCUT2D eigenvalue weighted by Gasteiger charge is 2.11. The van der Waals surface area contributed by atoms with E-state index >= 15 is 0 Å². The van der Waals surface area contributed by atoms with Crippen LogP contribution in [0.3, 0.4) is 0 Å². The summed E-state index contributed by atoms with van der Waals surface area (Å²) in [5.74, 6) is -0.923. The number of hydrogen-bond donors (Lipinski definition) is 1. The molecule has 0 aliphatic rings. The van der Waals surface area contributed by atoms with Gasteiger partial charge < -0.3 is 10.1 Å². The number of carbonyl (C=O) groups is 2. The number of carbonyl (C=O) groups excluding carboxylic acids is 2. The third kappa shape index (κ3) is 5.62. The molecule has 0 aliphatic carbocycles. The first kappa shape index (κ1) is 18.4. The molecule has 1 heterocycles. The molecule has 0 unspecified atom stereocenters. The van der Waals surface area contributed by atoms with Crippen LogP contribution in [0, 0.1) is 5.92 Å². The summed E-state index contributed by atoms with van der Waals surface area (Å²) < 4.78 is 4.86. The van der Waals surface area contributed by atoms with Crippen molar-refractivity contribution in [2.45, 2.75) is 20.3 Å². The molecule has 0 atom stereocenters. The molecule has 0 fully saturated rings. The van der Waals surface area contributed by atoms with Gasteiger partial charge in [0, 0.05) is 28.9 Å². The van der Waals surface area contributed by atoms with Crippen molar-refractivity contribution < 1.29 is 14.3 Å². The number of halogens is 1. The number of rotatable bonds is 7. The number of esters is 1. The molecule has 0 spiro atoms. The quantitative estimate of drug-likeness (QED) is 0.763. The average molecular weight is 367 g/mol. The first-order valence-electron chi connectivity index (χ1n) is 7.59. The second-order valence-corrected chi connectivity index (χ2v) is 6.81. The van der Waals surface area contributed by atoms with Gasteiger partial charge in [0.15, 0.2) is 6.61 Å². The Morgan fingerprint density at radius 1 is 1.29 bits per heavy atom. The molecule has 1 aromatic heterocycles. The zero-order valence-electron chi connectivity index (χ0n) is 13.5. The number of benzene rings is 1. The van der Waals surface area contributed by atoms with E-state index in [0.29, 0.717) is 18.0 Å². The fraction of sp³-hybridized carbons (Fsp3) is 0.353. The number of nitrogens with zero attached hydrogens (tertiary/aromatic N) is 1. The monoisotopic (exact) mass is 366 g/mol. The molecule has 24 heavy (non-hydrogen) atoms. The summed E-state index contributed by atoms with van der Waals surface area (Å²) in [5, 5.41) is 6.29. The number of ether oxygens (including phenoxy) is 1. The SMILES string of the molecule is CC(C)C(=O)OCC(=O)NCCc1csc(-c2ccc(Cl)cc2)n1. The summed E-state index contributed by atoms with van der Waals surface area (Å²) in [6, 6.07) is 7.51. The minimum atomic E-state index is -0.378. The molecule has 1 aromatic carbocycles. The van der Waals surface area contributed by atoms with Crippen molar-refractivity contribution >= 4 is 34.8 Å². The van der Waals surface area contributed by atoms with Gasteiger partial charge in [-0.3, -0.25) is 9.59 Å². The van der Waals surface area contributed by atoms with Crippen molar-refractivity contribution in [2.75, 3.05) is 13.2 Å². The van der Waals surface area contributed by atoms with Crippen molar-refractivity contribution in [3.8, 4) is 10.6 Å². The van der Waals surface area contributed by atoms with E-state index < -0.39 is 0 Å². The van der Waals surface area contributed by atoms with Crippen LogP contribution in [0.5, 0.6) is 0 Å². The Morgan fingerprint density at radius 3 is 2.67 bits per heavy atom. The lowest BCUT2D eigenvalue weighted by Gasteiger charge is -2.07. The van der Waals surface area contributed by atoms with Crippen LogP contribution in [0.4, 0.5) is 0 Å². The van der Waals surface area contributed by atoms with Crippen molar-refractivity contribution in [1.82, 2.24) is 10.3 Å². The lowest BCUT2D eigenvalue weighted by atomic mass is 10.2. The number of aromatic nitrogens is 1. The molecular formula is C17H19ClN2O3S. The number of thiazole rings is 1. The molecule has 0 aliphatic heterocycles. The molecule has 0 radical (unpaired) electrons. The third-order valence-electron chi connectivity index (χ3n) is 3.16. The average Bonchev–Trinajstić information content (AvgIpc) is 3.02. The van der Waals surface area contributed by atoms with E-state index in [2.05, 4.69) is 10.3 Å². The highest BCUT2D eigenvalue weighted by Crippen LogP contribution is 2.25. The summed E-state index contributed by atoms with van der Waals surface area (Å²) >= 11 is 7.42. The number of amides is 1. The van der Waals surface area contributed by atoms with Gasteiger partial charge in [0.25, 0.3) is 5.91 Å². The Hall–Kier alpha value is -1.92. The van der Waals surface area contributed by atoms with Gasteiger partial charge in [-0.2, -0.15) is 0 Å². The predicted octanol–water partition coefficient (Wildman–Crippen LogP) is 3.32. The lowest BCUT2D eigenvalue weighted by Crippen LogP contribution is -2.31. The first-order chi connectivity index (χ1) is 11.5. The molecule has 7 heteroatoms. The molecule has 2 rings (SSSR count). The highest BCUT2D eigenvalue weighted by molar-refractivity contribution is 7.13. The molecule has 0 saturated carbocycles. The molecule has 1 N–H and O–H groups in total. The lowest BCUT2D eigenvalue weighted by molar-refractivity contribution is -0.151. The van der Waals surface area contributed by atoms with E-state index in [-0.39, 0.29) is 24.4 Å². The second-order valence-electron chi connectivity index (χ2n) is 5.51. The predicted molar refractivity (Wildman–Crippen MR) is 95.1 cm³/mol. The van der Waals surface area contributed by atoms with E-state index in [9.17, 15) is 9.59 Å². The number of nitrogens with one attached hydrogen (secondary N) is 1. The maximum atomic E-state index is 11.6. The molecular weight excluding hydrogens is 348 g/mol. The number of hydrogen-bond acceptors (Lipinski definition) is 5. The van der Waals surface area contributed by atoms with Gasteiger partial charge in [-0.15, -0.1) is 11.3 Å². The van der Waals surface area contributed by atoms with Crippen LogP contribution in [0.25, 0.3) is 10.6 Å².